The predicted octanol–water partition coefficient (Wildman–Crippen LogP) is 4.28. The van der Waals surface area contributed by atoms with Gasteiger partial charge >= 0.3 is 5.69 Å². The predicted molar refractivity (Wildman–Crippen MR) is 99.1 cm³/mol. The third kappa shape index (κ3) is 4.24. The molecule has 0 atom stereocenters. The van der Waals surface area contributed by atoms with Crippen molar-refractivity contribution in [1.29, 1.82) is 0 Å². The van der Waals surface area contributed by atoms with Gasteiger partial charge in [0.2, 0.25) is 0 Å². The maximum atomic E-state index is 12.0. The quantitative estimate of drug-likeness (QED) is 0.532. The summed E-state index contributed by atoms with van der Waals surface area (Å²) >= 11 is 0. The number of carbonyl (C=O) groups excluding carboxylic acids is 1. The minimum absolute atomic E-state index is 0.0621. The number of nitro benzene ring substituents is 1. The van der Waals surface area contributed by atoms with Crippen LogP contribution in [0.15, 0.2) is 78.9 Å². The highest BCUT2D eigenvalue weighted by molar-refractivity contribution is 5.92. The number of nitrogens with zero attached hydrogens (tertiary/aromatic N) is 1. The van der Waals surface area contributed by atoms with Gasteiger partial charge in [-0.2, -0.15) is 0 Å². The molecule has 0 radical (unpaired) electrons. The van der Waals surface area contributed by atoms with Crippen LogP contribution in [-0.2, 0) is 4.79 Å². The number of hydrogen-bond acceptors (Lipinski definition) is 4. The lowest BCUT2D eigenvalue weighted by Gasteiger charge is -2.08. The molecule has 0 fully saturated rings. The third-order valence-electron chi connectivity index (χ3n) is 3.70. The van der Waals surface area contributed by atoms with E-state index in [1.165, 1.54) is 12.1 Å². The fourth-order valence-corrected chi connectivity index (χ4v) is 2.45. The number of hydrogen-bond donors (Lipinski definition) is 1. The largest absolute Gasteiger partial charge is 0.477 e. The van der Waals surface area contributed by atoms with Gasteiger partial charge in [0.1, 0.15) is 0 Å². The fourth-order valence-electron chi connectivity index (χ4n) is 2.45. The Morgan fingerprint density at radius 2 is 1.50 bits per heavy atom. The highest BCUT2D eigenvalue weighted by Crippen LogP contribution is 2.26. The molecule has 0 heterocycles. The fraction of sp³-hybridized carbons (Fsp3) is 0.0500. The zero-order valence-corrected chi connectivity index (χ0v) is 13.8. The van der Waals surface area contributed by atoms with E-state index < -0.39 is 10.8 Å². The lowest BCUT2D eigenvalue weighted by Crippen LogP contribution is -2.20. The number of nitro groups is 1. The standard InChI is InChI=1S/C20H16N2O4/c23-20(14-26-19-9-5-4-8-18(19)22(24)25)21-17-12-10-16(11-13-17)15-6-2-1-3-7-15/h1-13H,14H2,(H,21,23). The molecule has 6 nitrogen and oxygen atoms in total. The van der Waals surface area contributed by atoms with E-state index in [1.54, 1.807) is 24.3 Å². The van der Waals surface area contributed by atoms with Crippen LogP contribution in [-0.4, -0.2) is 17.4 Å². The second-order valence-corrected chi connectivity index (χ2v) is 5.51. The Morgan fingerprint density at radius 3 is 2.19 bits per heavy atom. The first-order valence-electron chi connectivity index (χ1n) is 7.95. The second-order valence-electron chi connectivity index (χ2n) is 5.51. The Labute approximate surface area is 150 Å². The van der Waals surface area contributed by atoms with Crippen molar-refractivity contribution in [3.8, 4) is 16.9 Å². The van der Waals surface area contributed by atoms with Gasteiger partial charge < -0.3 is 10.1 Å². The minimum atomic E-state index is -0.546. The Kier molecular flexibility index (Phi) is 5.24. The van der Waals surface area contributed by atoms with Crippen molar-refractivity contribution in [2.45, 2.75) is 0 Å². The molecule has 0 bridgehead atoms. The van der Waals surface area contributed by atoms with Gasteiger partial charge in [-0.05, 0) is 29.3 Å². The van der Waals surface area contributed by atoms with Gasteiger partial charge in [-0.1, -0.05) is 54.6 Å². The number of rotatable bonds is 6. The molecule has 0 spiro atoms. The van der Waals surface area contributed by atoms with Crippen molar-refractivity contribution in [1.82, 2.24) is 0 Å². The van der Waals surface area contributed by atoms with Crippen LogP contribution < -0.4 is 10.1 Å². The molecule has 0 aliphatic carbocycles. The Morgan fingerprint density at radius 1 is 0.885 bits per heavy atom. The molecule has 0 aliphatic heterocycles. The van der Waals surface area contributed by atoms with E-state index in [2.05, 4.69) is 5.32 Å². The van der Waals surface area contributed by atoms with Gasteiger partial charge in [-0.25, -0.2) is 0 Å². The summed E-state index contributed by atoms with van der Waals surface area (Å²) < 4.78 is 5.27. The van der Waals surface area contributed by atoms with Crippen LogP contribution in [0.25, 0.3) is 11.1 Å². The summed E-state index contributed by atoms with van der Waals surface area (Å²) in [5.74, 6) is -0.331. The normalized spacial score (nSPS) is 10.2. The van der Waals surface area contributed by atoms with Gasteiger partial charge in [0, 0.05) is 11.8 Å². The number of benzene rings is 3. The Hall–Kier alpha value is -3.67. The number of anilines is 1. The third-order valence-corrected chi connectivity index (χ3v) is 3.70. The molecule has 0 saturated heterocycles. The van der Waals surface area contributed by atoms with Gasteiger partial charge in [-0.3, -0.25) is 14.9 Å². The van der Waals surface area contributed by atoms with Gasteiger partial charge in [0.05, 0.1) is 4.92 Å². The zero-order valence-electron chi connectivity index (χ0n) is 13.8. The van der Waals surface area contributed by atoms with Crippen LogP contribution in [0.3, 0.4) is 0 Å². The average molecular weight is 348 g/mol. The highest BCUT2D eigenvalue weighted by Gasteiger charge is 2.14. The molecule has 6 heteroatoms. The van der Waals surface area contributed by atoms with Crippen LogP contribution in [0, 0.1) is 10.1 Å². The van der Waals surface area contributed by atoms with Gasteiger partial charge in [-0.15, -0.1) is 0 Å². The van der Waals surface area contributed by atoms with Crippen molar-refractivity contribution in [2.24, 2.45) is 0 Å². The summed E-state index contributed by atoms with van der Waals surface area (Å²) in [4.78, 5) is 22.4. The van der Waals surface area contributed by atoms with E-state index >= 15 is 0 Å². The summed E-state index contributed by atoms with van der Waals surface area (Å²) in [6.07, 6.45) is 0. The maximum Gasteiger partial charge on any atom is 0.310 e. The first-order chi connectivity index (χ1) is 12.6. The summed E-state index contributed by atoms with van der Waals surface area (Å²) in [5.41, 5.74) is 2.58. The minimum Gasteiger partial charge on any atom is -0.477 e. The Balaban J connectivity index is 1.60. The van der Waals surface area contributed by atoms with Crippen LogP contribution in [0.1, 0.15) is 0 Å². The van der Waals surface area contributed by atoms with Crippen molar-refractivity contribution in [3.05, 3.63) is 89.0 Å². The van der Waals surface area contributed by atoms with Crippen molar-refractivity contribution < 1.29 is 14.5 Å². The molecule has 3 rings (SSSR count). The van der Waals surface area contributed by atoms with E-state index in [0.29, 0.717) is 5.69 Å². The van der Waals surface area contributed by atoms with E-state index in [-0.39, 0.29) is 18.0 Å². The van der Waals surface area contributed by atoms with Crippen molar-refractivity contribution in [3.63, 3.8) is 0 Å². The first kappa shape index (κ1) is 17.2. The van der Waals surface area contributed by atoms with Crippen molar-refractivity contribution >= 4 is 17.3 Å². The van der Waals surface area contributed by atoms with Gasteiger partial charge in [0.15, 0.2) is 12.4 Å². The van der Waals surface area contributed by atoms with Crippen LogP contribution in [0.4, 0.5) is 11.4 Å². The molecule has 3 aromatic carbocycles. The molecule has 0 saturated carbocycles. The van der Waals surface area contributed by atoms with Crippen LogP contribution >= 0.6 is 0 Å². The zero-order chi connectivity index (χ0) is 18.4. The average Bonchev–Trinajstić information content (AvgIpc) is 2.68. The highest BCUT2D eigenvalue weighted by atomic mass is 16.6. The number of nitrogens with one attached hydrogen (secondary N) is 1. The molecule has 0 aliphatic rings. The molecule has 0 unspecified atom stereocenters. The van der Waals surface area contributed by atoms with Crippen LogP contribution in [0.2, 0.25) is 0 Å². The van der Waals surface area contributed by atoms with Crippen LogP contribution in [0.5, 0.6) is 5.75 Å². The Bertz CT molecular complexity index is 909. The molecule has 26 heavy (non-hydrogen) atoms. The molecule has 0 aromatic heterocycles. The number of carbonyl (C=O) groups is 1. The van der Waals surface area contributed by atoms with Crippen molar-refractivity contribution in [2.75, 3.05) is 11.9 Å². The first-order valence-corrected chi connectivity index (χ1v) is 7.95. The van der Waals surface area contributed by atoms with E-state index in [9.17, 15) is 14.9 Å². The number of ether oxygens (including phenoxy) is 1. The molecule has 1 amide bonds. The lowest BCUT2D eigenvalue weighted by molar-refractivity contribution is -0.385. The molecular weight excluding hydrogens is 332 g/mol. The van der Waals surface area contributed by atoms with E-state index in [0.717, 1.165) is 11.1 Å². The number of para-hydroxylation sites is 2. The molecule has 130 valence electrons. The topological polar surface area (TPSA) is 81.5 Å². The van der Waals surface area contributed by atoms with Gasteiger partial charge in [0.25, 0.3) is 5.91 Å². The SMILES string of the molecule is O=C(COc1ccccc1[N+](=O)[O-])Nc1ccc(-c2ccccc2)cc1. The van der Waals surface area contributed by atoms with E-state index in [1.807, 2.05) is 42.5 Å². The lowest BCUT2D eigenvalue weighted by atomic mass is 10.1. The molecule has 3 aromatic rings. The number of amides is 1. The summed E-state index contributed by atoms with van der Waals surface area (Å²) in [6.45, 7) is -0.314. The maximum absolute atomic E-state index is 12.0. The summed E-state index contributed by atoms with van der Waals surface area (Å²) in [7, 11) is 0. The molecular formula is C20H16N2O4. The monoisotopic (exact) mass is 348 g/mol. The summed E-state index contributed by atoms with van der Waals surface area (Å²) in [6, 6.07) is 23.3. The molecule has 1 N–H and O–H groups in total. The second kappa shape index (κ2) is 7.94. The summed E-state index contributed by atoms with van der Waals surface area (Å²) in [5, 5.41) is 13.6. The smallest absolute Gasteiger partial charge is 0.310 e. The van der Waals surface area contributed by atoms with E-state index in [4.69, 9.17) is 4.74 Å².